The van der Waals surface area contributed by atoms with Gasteiger partial charge in [0.15, 0.2) is 11.5 Å². The number of amides is 2. The molecule has 1 saturated heterocycles. The second kappa shape index (κ2) is 10.1. The van der Waals surface area contributed by atoms with Crippen LogP contribution in [0, 0.1) is 0 Å². The Morgan fingerprint density at radius 3 is 2.48 bits per heavy atom. The molecule has 1 aliphatic rings. The van der Waals surface area contributed by atoms with E-state index >= 15 is 0 Å². The molecule has 2 N–H and O–H groups in total. The first kappa shape index (κ1) is 24.4. The molecule has 0 radical (unpaired) electrons. The minimum atomic E-state index is -4.43. The van der Waals surface area contributed by atoms with Gasteiger partial charge in [-0.3, -0.25) is 9.59 Å². The van der Waals surface area contributed by atoms with Crippen LogP contribution in [0.25, 0.3) is 0 Å². The molecule has 33 heavy (non-hydrogen) atoms. The molecule has 3 rings (SSSR count). The van der Waals surface area contributed by atoms with Gasteiger partial charge in [-0.25, -0.2) is 0 Å². The molecule has 1 unspecified atom stereocenters. The molecule has 9 heteroatoms. The van der Waals surface area contributed by atoms with Crippen molar-refractivity contribution in [1.82, 2.24) is 10.6 Å². The third-order valence-electron chi connectivity index (χ3n) is 5.80. The van der Waals surface area contributed by atoms with Crippen molar-refractivity contribution in [3.63, 3.8) is 0 Å². The summed E-state index contributed by atoms with van der Waals surface area (Å²) in [6.07, 6.45) is -2.43. The maximum Gasteiger partial charge on any atom is 0.416 e. The van der Waals surface area contributed by atoms with Gasteiger partial charge >= 0.3 is 6.18 Å². The van der Waals surface area contributed by atoms with E-state index in [4.69, 9.17) is 9.47 Å². The molecule has 1 atom stereocenters. The van der Waals surface area contributed by atoms with Crippen molar-refractivity contribution < 1.29 is 32.2 Å². The van der Waals surface area contributed by atoms with E-state index in [1.807, 2.05) is 12.1 Å². The summed E-state index contributed by atoms with van der Waals surface area (Å²) in [5, 5.41) is 5.69. The summed E-state index contributed by atoms with van der Waals surface area (Å²) in [5.41, 5.74) is -0.0343. The Labute approximate surface area is 190 Å². The Hall–Kier alpha value is -3.23. The number of nitrogens with one attached hydrogen (secondary N) is 2. The number of hydrogen-bond acceptors (Lipinski definition) is 4. The monoisotopic (exact) mass is 464 g/mol. The van der Waals surface area contributed by atoms with Crippen molar-refractivity contribution in [2.24, 2.45) is 0 Å². The molecule has 0 bridgehead atoms. The van der Waals surface area contributed by atoms with E-state index in [9.17, 15) is 22.8 Å². The molecular formula is C24H27F3N2O4. The first-order valence-corrected chi connectivity index (χ1v) is 10.6. The molecule has 0 aromatic heterocycles. The lowest BCUT2D eigenvalue weighted by Crippen LogP contribution is -2.44. The van der Waals surface area contributed by atoms with Crippen LogP contribution in [0.5, 0.6) is 11.5 Å². The summed E-state index contributed by atoms with van der Waals surface area (Å²) in [4.78, 5) is 24.4. The van der Waals surface area contributed by atoms with Gasteiger partial charge in [-0.05, 0) is 54.7 Å². The lowest BCUT2D eigenvalue weighted by Gasteiger charge is -2.29. The maximum absolute atomic E-state index is 12.9. The number of ether oxygens (including phenoxy) is 2. The molecule has 1 heterocycles. The SMILES string of the molecule is COc1ccc(CC2(CCC(=O)NCc3cccc(C(F)(F)F)c3)CCC(=O)N2)cc1OC. The van der Waals surface area contributed by atoms with Gasteiger partial charge in [0.1, 0.15) is 0 Å². The summed E-state index contributed by atoms with van der Waals surface area (Å²) < 4.78 is 49.2. The van der Waals surface area contributed by atoms with E-state index in [0.29, 0.717) is 42.7 Å². The van der Waals surface area contributed by atoms with Gasteiger partial charge in [-0.2, -0.15) is 13.2 Å². The molecule has 0 saturated carbocycles. The highest BCUT2D eigenvalue weighted by Gasteiger charge is 2.38. The van der Waals surface area contributed by atoms with Crippen molar-refractivity contribution in [2.75, 3.05) is 14.2 Å². The minimum absolute atomic E-state index is 0.00219. The fourth-order valence-corrected chi connectivity index (χ4v) is 4.06. The Bertz CT molecular complexity index is 1010. The van der Waals surface area contributed by atoms with Crippen LogP contribution in [0.4, 0.5) is 13.2 Å². The van der Waals surface area contributed by atoms with Crippen molar-refractivity contribution in [3.05, 3.63) is 59.2 Å². The van der Waals surface area contributed by atoms with Crippen molar-refractivity contribution in [2.45, 2.75) is 50.4 Å². The van der Waals surface area contributed by atoms with Crippen LogP contribution in [-0.2, 0) is 28.7 Å². The number of methoxy groups -OCH3 is 2. The fourth-order valence-electron chi connectivity index (χ4n) is 4.06. The fraction of sp³-hybridized carbons (Fsp3) is 0.417. The van der Waals surface area contributed by atoms with E-state index in [-0.39, 0.29) is 24.8 Å². The van der Waals surface area contributed by atoms with Gasteiger partial charge in [0.2, 0.25) is 11.8 Å². The lowest BCUT2D eigenvalue weighted by molar-refractivity contribution is -0.137. The van der Waals surface area contributed by atoms with E-state index in [2.05, 4.69) is 10.6 Å². The zero-order valence-electron chi connectivity index (χ0n) is 18.6. The van der Waals surface area contributed by atoms with Crippen LogP contribution < -0.4 is 20.1 Å². The van der Waals surface area contributed by atoms with Gasteiger partial charge in [-0.1, -0.05) is 18.2 Å². The van der Waals surface area contributed by atoms with Crippen LogP contribution in [-0.4, -0.2) is 31.6 Å². The smallest absolute Gasteiger partial charge is 0.416 e. The Morgan fingerprint density at radius 1 is 1.09 bits per heavy atom. The molecule has 0 aliphatic carbocycles. The summed E-state index contributed by atoms with van der Waals surface area (Å²) in [5.74, 6) is 0.813. The second-order valence-electron chi connectivity index (χ2n) is 8.17. The highest BCUT2D eigenvalue weighted by Crippen LogP contribution is 2.34. The standard InChI is InChI=1S/C24H27F3N2O4/c1-32-19-7-6-16(13-20(19)33-2)14-23(11-9-22(31)29-23)10-8-21(30)28-15-17-4-3-5-18(12-17)24(25,26)27/h3-7,12-13H,8-11,14-15H2,1-2H3,(H,28,30)(H,29,31). The molecule has 178 valence electrons. The Kier molecular flexibility index (Phi) is 7.50. The van der Waals surface area contributed by atoms with Crippen LogP contribution in [0.1, 0.15) is 42.4 Å². The topological polar surface area (TPSA) is 76.7 Å². The second-order valence-corrected chi connectivity index (χ2v) is 8.17. The van der Waals surface area contributed by atoms with Crippen LogP contribution >= 0.6 is 0 Å². The molecule has 1 fully saturated rings. The molecule has 2 aromatic carbocycles. The zero-order chi connectivity index (χ0) is 24.1. The van der Waals surface area contributed by atoms with E-state index < -0.39 is 17.3 Å². The average Bonchev–Trinajstić information content (AvgIpc) is 3.16. The third-order valence-corrected chi connectivity index (χ3v) is 5.80. The number of halogens is 3. The quantitative estimate of drug-likeness (QED) is 0.588. The van der Waals surface area contributed by atoms with E-state index in [1.54, 1.807) is 20.3 Å². The minimum Gasteiger partial charge on any atom is -0.493 e. The first-order valence-electron chi connectivity index (χ1n) is 10.6. The number of carbonyl (C=O) groups is 2. The van der Waals surface area contributed by atoms with Gasteiger partial charge in [0, 0.05) is 24.9 Å². The van der Waals surface area contributed by atoms with Crippen molar-refractivity contribution in [3.8, 4) is 11.5 Å². The predicted molar refractivity (Wildman–Crippen MR) is 116 cm³/mol. The largest absolute Gasteiger partial charge is 0.493 e. The summed E-state index contributed by atoms with van der Waals surface area (Å²) in [6.45, 7) is -0.00219. The van der Waals surface area contributed by atoms with E-state index in [1.165, 1.54) is 12.1 Å². The molecule has 2 amide bonds. The number of hydrogen-bond donors (Lipinski definition) is 2. The number of rotatable bonds is 9. The third kappa shape index (κ3) is 6.40. The maximum atomic E-state index is 12.9. The van der Waals surface area contributed by atoms with Gasteiger partial charge in [0.05, 0.1) is 19.8 Å². The molecule has 1 aliphatic heterocycles. The van der Waals surface area contributed by atoms with Crippen LogP contribution in [0.15, 0.2) is 42.5 Å². The van der Waals surface area contributed by atoms with Gasteiger partial charge < -0.3 is 20.1 Å². The summed E-state index contributed by atoms with van der Waals surface area (Å²) in [6, 6.07) is 10.4. The number of alkyl halides is 3. The van der Waals surface area contributed by atoms with Gasteiger partial charge in [0.25, 0.3) is 0 Å². The summed E-state index contributed by atoms with van der Waals surface area (Å²) >= 11 is 0. The summed E-state index contributed by atoms with van der Waals surface area (Å²) in [7, 11) is 3.09. The predicted octanol–water partition coefficient (Wildman–Crippen LogP) is 4.01. The molecular weight excluding hydrogens is 437 g/mol. The normalized spacial score (nSPS) is 18.0. The average molecular weight is 464 g/mol. The first-order chi connectivity index (χ1) is 15.6. The van der Waals surface area contributed by atoms with Crippen molar-refractivity contribution in [1.29, 1.82) is 0 Å². The number of carbonyl (C=O) groups excluding carboxylic acids is 2. The Morgan fingerprint density at radius 2 is 1.85 bits per heavy atom. The highest BCUT2D eigenvalue weighted by molar-refractivity contribution is 5.80. The lowest BCUT2D eigenvalue weighted by atomic mass is 9.85. The highest BCUT2D eigenvalue weighted by atomic mass is 19.4. The van der Waals surface area contributed by atoms with E-state index in [0.717, 1.165) is 17.7 Å². The molecule has 6 nitrogen and oxygen atoms in total. The Balaban J connectivity index is 1.62. The molecule has 2 aromatic rings. The zero-order valence-corrected chi connectivity index (χ0v) is 18.6. The van der Waals surface area contributed by atoms with Gasteiger partial charge in [-0.15, -0.1) is 0 Å². The van der Waals surface area contributed by atoms with Crippen LogP contribution in [0.2, 0.25) is 0 Å². The van der Waals surface area contributed by atoms with Crippen molar-refractivity contribution >= 4 is 11.8 Å². The molecule has 0 spiro atoms. The van der Waals surface area contributed by atoms with Crippen LogP contribution in [0.3, 0.4) is 0 Å². The number of benzene rings is 2.